The number of ketones is 1. The quantitative estimate of drug-likeness (QED) is 0.495. The van der Waals surface area contributed by atoms with E-state index in [9.17, 15) is 9.59 Å². The van der Waals surface area contributed by atoms with E-state index in [0.717, 1.165) is 0 Å². The van der Waals surface area contributed by atoms with E-state index >= 15 is 0 Å². The Hall–Kier alpha value is -0.570. The van der Waals surface area contributed by atoms with Crippen LogP contribution in [0.15, 0.2) is 0 Å². The number of unbranched alkanes of at least 4 members (excludes halogenated alkanes) is 1. The van der Waals surface area contributed by atoms with Crippen LogP contribution in [0.2, 0.25) is 0 Å². The van der Waals surface area contributed by atoms with Gasteiger partial charge in [-0.2, -0.15) is 0 Å². The largest absolute Gasteiger partial charge is 0.481 e. The summed E-state index contributed by atoms with van der Waals surface area (Å²) in [7, 11) is 0. The molecule has 0 aliphatic heterocycles. The lowest BCUT2D eigenvalue weighted by Crippen LogP contribution is -2.00. The molecule has 0 rings (SSSR count). The van der Waals surface area contributed by atoms with Gasteiger partial charge in [-0.25, -0.2) is 0 Å². The molecule has 4 heteroatoms. The van der Waals surface area contributed by atoms with Crippen molar-refractivity contribution in [3.8, 4) is 0 Å². The van der Waals surface area contributed by atoms with E-state index in [1.165, 1.54) is 0 Å². The van der Waals surface area contributed by atoms with Crippen LogP contribution in [0, 0.1) is 0 Å². The normalized spacial score (nSPS) is 9.55. The van der Waals surface area contributed by atoms with Gasteiger partial charge in [0, 0.05) is 12.8 Å². The fourth-order valence-corrected chi connectivity index (χ4v) is 0.799. The smallest absolute Gasteiger partial charge is 0.303 e. The van der Waals surface area contributed by atoms with E-state index in [4.69, 9.17) is 16.7 Å². The van der Waals surface area contributed by atoms with Crippen molar-refractivity contribution < 1.29 is 14.7 Å². The Morgan fingerprint density at radius 2 is 1.73 bits per heavy atom. The number of carboxylic acid groups (broad SMARTS) is 1. The predicted molar refractivity (Wildman–Crippen MR) is 41.8 cm³/mol. The maximum Gasteiger partial charge on any atom is 0.303 e. The van der Waals surface area contributed by atoms with Crippen molar-refractivity contribution in [2.45, 2.75) is 25.7 Å². The molecule has 0 amide bonds. The molecular formula is C7H11ClO3. The first-order valence-electron chi connectivity index (χ1n) is 3.46. The van der Waals surface area contributed by atoms with E-state index in [-0.39, 0.29) is 18.1 Å². The maximum atomic E-state index is 10.6. The minimum atomic E-state index is -0.816. The number of alkyl halides is 1. The SMILES string of the molecule is O=C(O)CCCCC(=O)CCl. The summed E-state index contributed by atoms with van der Waals surface area (Å²) in [6.45, 7) is 0. The topological polar surface area (TPSA) is 54.4 Å². The maximum absolute atomic E-state index is 10.6. The van der Waals surface area contributed by atoms with Crippen LogP contribution < -0.4 is 0 Å². The number of carboxylic acids is 1. The first-order valence-corrected chi connectivity index (χ1v) is 3.99. The molecule has 0 aromatic heterocycles. The molecule has 0 aromatic carbocycles. The molecule has 0 fully saturated rings. The fourth-order valence-electron chi connectivity index (χ4n) is 0.665. The molecule has 0 atom stereocenters. The first-order chi connectivity index (χ1) is 5.16. The summed E-state index contributed by atoms with van der Waals surface area (Å²) in [4.78, 5) is 20.6. The predicted octanol–water partition coefficient (Wildman–Crippen LogP) is 1.44. The van der Waals surface area contributed by atoms with Gasteiger partial charge in [0.2, 0.25) is 0 Å². The molecule has 0 aliphatic rings. The molecular weight excluding hydrogens is 168 g/mol. The Labute approximate surface area is 70.3 Å². The van der Waals surface area contributed by atoms with Crippen molar-refractivity contribution in [1.82, 2.24) is 0 Å². The Kier molecular flexibility index (Phi) is 5.84. The lowest BCUT2D eigenvalue weighted by molar-refractivity contribution is -0.137. The number of aliphatic carboxylic acids is 1. The lowest BCUT2D eigenvalue weighted by Gasteiger charge is -1.94. The van der Waals surface area contributed by atoms with Gasteiger partial charge in [0.25, 0.3) is 0 Å². The Morgan fingerprint density at radius 3 is 2.18 bits per heavy atom. The van der Waals surface area contributed by atoms with Crippen molar-refractivity contribution in [2.24, 2.45) is 0 Å². The highest BCUT2D eigenvalue weighted by atomic mass is 35.5. The van der Waals surface area contributed by atoms with Crippen molar-refractivity contribution >= 4 is 23.4 Å². The molecule has 1 N–H and O–H groups in total. The van der Waals surface area contributed by atoms with Crippen molar-refractivity contribution in [3.63, 3.8) is 0 Å². The average Bonchev–Trinajstić information content (AvgIpc) is 1.97. The summed E-state index contributed by atoms with van der Waals surface area (Å²) < 4.78 is 0. The molecule has 64 valence electrons. The highest BCUT2D eigenvalue weighted by Gasteiger charge is 2.00. The molecule has 0 radical (unpaired) electrons. The molecule has 0 saturated heterocycles. The van der Waals surface area contributed by atoms with E-state index < -0.39 is 5.97 Å². The summed E-state index contributed by atoms with van der Waals surface area (Å²) in [6.07, 6.45) is 1.71. The number of carbonyl (C=O) groups is 2. The number of Topliss-reactive ketones (excluding diaryl/α,β-unsaturated/α-hetero) is 1. The Bertz CT molecular complexity index is 145. The second kappa shape index (κ2) is 6.16. The molecule has 0 unspecified atom stereocenters. The van der Waals surface area contributed by atoms with Gasteiger partial charge in [-0.05, 0) is 12.8 Å². The third kappa shape index (κ3) is 7.33. The summed E-state index contributed by atoms with van der Waals surface area (Å²) in [5.74, 6) is -0.798. The third-order valence-electron chi connectivity index (χ3n) is 1.25. The van der Waals surface area contributed by atoms with Crippen LogP contribution in [0.1, 0.15) is 25.7 Å². The zero-order valence-electron chi connectivity index (χ0n) is 6.18. The highest BCUT2D eigenvalue weighted by molar-refractivity contribution is 6.27. The van der Waals surface area contributed by atoms with E-state index in [0.29, 0.717) is 19.3 Å². The third-order valence-corrected chi connectivity index (χ3v) is 1.54. The second-order valence-electron chi connectivity index (χ2n) is 2.27. The summed E-state index contributed by atoms with van der Waals surface area (Å²) >= 11 is 5.23. The van der Waals surface area contributed by atoms with Crippen LogP contribution in [-0.4, -0.2) is 22.7 Å². The lowest BCUT2D eigenvalue weighted by atomic mass is 10.1. The van der Waals surface area contributed by atoms with Gasteiger partial charge < -0.3 is 5.11 Å². The molecule has 0 aromatic rings. The average molecular weight is 179 g/mol. The van der Waals surface area contributed by atoms with E-state index in [1.54, 1.807) is 0 Å². The number of hydrogen-bond acceptors (Lipinski definition) is 2. The van der Waals surface area contributed by atoms with Crippen molar-refractivity contribution in [1.29, 1.82) is 0 Å². The van der Waals surface area contributed by atoms with Crippen LogP contribution in [-0.2, 0) is 9.59 Å². The summed E-state index contributed by atoms with van der Waals surface area (Å²) in [5, 5.41) is 8.22. The van der Waals surface area contributed by atoms with Crippen molar-refractivity contribution in [2.75, 3.05) is 5.88 Å². The molecule has 11 heavy (non-hydrogen) atoms. The second-order valence-corrected chi connectivity index (χ2v) is 2.54. The fraction of sp³-hybridized carbons (Fsp3) is 0.714. The van der Waals surface area contributed by atoms with Gasteiger partial charge >= 0.3 is 5.97 Å². The summed E-state index contributed by atoms with van der Waals surface area (Å²) in [5.41, 5.74) is 0. The number of hydrogen-bond donors (Lipinski definition) is 1. The standard InChI is InChI=1S/C7H11ClO3/c8-5-6(9)3-1-2-4-7(10)11/h1-5H2,(H,10,11). The van der Waals surface area contributed by atoms with Gasteiger partial charge in [-0.15, -0.1) is 11.6 Å². The monoisotopic (exact) mass is 178 g/mol. The Balaban J connectivity index is 3.14. The highest BCUT2D eigenvalue weighted by Crippen LogP contribution is 2.00. The number of halogens is 1. The number of carbonyl (C=O) groups excluding carboxylic acids is 1. The van der Waals surface area contributed by atoms with Gasteiger partial charge in [0.05, 0.1) is 5.88 Å². The van der Waals surface area contributed by atoms with Gasteiger partial charge in [0.15, 0.2) is 0 Å². The van der Waals surface area contributed by atoms with E-state index in [2.05, 4.69) is 0 Å². The van der Waals surface area contributed by atoms with Crippen LogP contribution >= 0.6 is 11.6 Å². The zero-order chi connectivity index (χ0) is 8.69. The minimum absolute atomic E-state index is 0.0166. The molecule has 0 aliphatic carbocycles. The molecule has 0 spiro atoms. The Morgan fingerprint density at radius 1 is 1.18 bits per heavy atom. The number of rotatable bonds is 6. The zero-order valence-corrected chi connectivity index (χ0v) is 6.93. The van der Waals surface area contributed by atoms with E-state index in [1.807, 2.05) is 0 Å². The van der Waals surface area contributed by atoms with Gasteiger partial charge in [-0.1, -0.05) is 0 Å². The summed E-state index contributed by atoms with van der Waals surface area (Å²) in [6, 6.07) is 0. The van der Waals surface area contributed by atoms with Crippen LogP contribution in [0.5, 0.6) is 0 Å². The molecule has 0 bridgehead atoms. The molecule has 0 saturated carbocycles. The van der Waals surface area contributed by atoms with Crippen LogP contribution in [0.4, 0.5) is 0 Å². The minimum Gasteiger partial charge on any atom is -0.481 e. The van der Waals surface area contributed by atoms with Gasteiger partial charge in [0.1, 0.15) is 5.78 Å². The van der Waals surface area contributed by atoms with Gasteiger partial charge in [-0.3, -0.25) is 9.59 Å². The first kappa shape index (κ1) is 10.4. The van der Waals surface area contributed by atoms with Crippen molar-refractivity contribution in [3.05, 3.63) is 0 Å². The molecule has 3 nitrogen and oxygen atoms in total. The molecule has 0 heterocycles. The van der Waals surface area contributed by atoms with Crippen LogP contribution in [0.3, 0.4) is 0 Å². The van der Waals surface area contributed by atoms with Crippen LogP contribution in [0.25, 0.3) is 0 Å².